The lowest BCUT2D eigenvalue weighted by Crippen LogP contribution is -2.51. The van der Waals surface area contributed by atoms with Gasteiger partial charge in [-0.05, 0) is 28.8 Å². The Morgan fingerprint density at radius 2 is 2.19 bits per heavy atom. The minimum absolute atomic E-state index is 0. The van der Waals surface area contributed by atoms with Crippen molar-refractivity contribution in [3.8, 4) is 0 Å². The lowest BCUT2D eigenvalue weighted by molar-refractivity contribution is 0.0892. The highest BCUT2D eigenvalue weighted by Crippen LogP contribution is 2.28. The Hall–Kier alpha value is -1.25. The normalized spacial score (nSPS) is 16.7. The van der Waals surface area contributed by atoms with Gasteiger partial charge in [0.15, 0.2) is 0 Å². The number of halogens is 2. The van der Waals surface area contributed by atoms with Crippen LogP contribution in [0, 0.1) is 0 Å². The molecule has 7 nitrogen and oxygen atoms in total. The van der Waals surface area contributed by atoms with Crippen LogP contribution >= 0.6 is 28.3 Å². The first-order chi connectivity index (χ1) is 9.62. The number of amides is 1. The lowest BCUT2D eigenvalue weighted by atomic mass is 9.98. The van der Waals surface area contributed by atoms with Gasteiger partial charge in [-0.2, -0.15) is 4.98 Å². The molecule has 3 N–H and O–H groups in total. The van der Waals surface area contributed by atoms with Crippen LogP contribution in [-0.2, 0) is 0 Å². The van der Waals surface area contributed by atoms with Crippen molar-refractivity contribution in [1.29, 1.82) is 0 Å². The molecule has 1 amide bonds. The van der Waals surface area contributed by atoms with E-state index in [2.05, 4.69) is 36.3 Å². The van der Waals surface area contributed by atoms with Gasteiger partial charge in [-0.3, -0.25) is 4.79 Å². The van der Waals surface area contributed by atoms with Gasteiger partial charge in [0.05, 0.1) is 10.0 Å². The average molecular weight is 376 g/mol. The zero-order valence-electron chi connectivity index (χ0n) is 11.3. The molecule has 0 bridgehead atoms. The number of fused-ring (bicyclic) bond motifs is 1. The number of hydrogen-bond donors (Lipinski definition) is 2. The summed E-state index contributed by atoms with van der Waals surface area (Å²) in [7, 11) is 0. The predicted molar refractivity (Wildman–Crippen MR) is 83.4 cm³/mol. The quantitative estimate of drug-likeness (QED) is 0.843. The monoisotopic (exact) mass is 374 g/mol. The van der Waals surface area contributed by atoms with Crippen molar-refractivity contribution in [2.75, 3.05) is 6.54 Å². The molecule has 0 radical (unpaired) electrons. The van der Waals surface area contributed by atoms with E-state index in [4.69, 9.17) is 5.73 Å². The highest BCUT2D eigenvalue weighted by Gasteiger charge is 2.35. The van der Waals surface area contributed by atoms with E-state index >= 15 is 0 Å². The zero-order valence-corrected chi connectivity index (χ0v) is 13.7. The van der Waals surface area contributed by atoms with Crippen molar-refractivity contribution in [2.45, 2.75) is 31.2 Å². The predicted octanol–water partition coefficient (Wildman–Crippen LogP) is 1.31. The Morgan fingerprint density at radius 1 is 1.48 bits per heavy atom. The molecule has 1 aliphatic carbocycles. The summed E-state index contributed by atoms with van der Waals surface area (Å²) < 4.78 is 2.25. The van der Waals surface area contributed by atoms with Crippen LogP contribution in [-0.4, -0.2) is 37.6 Å². The van der Waals surface area contributed by atoms with Crippen molar-refractivity contribution in [2.24, 2.45) is 5.73 Å². The van der Waals surface area contributed by atoms with Gasteiger partial charge in [0, 0.05) is 18.9 Å². The number of aromatic nitrogens is 4. The molecule has 0 atom stereocenters. The van der Waals surface area contributed by atoms with Crippen molar-refractivity contribution in [3.63, 3.8) is 0 Å². The molecule has 1 saturated carbocycles. The first-order valence-electron chi connectivity index (χ1n) is 6.52. The number of nitrogens with two attached hydrogens (primary N) is 1. The molecule has 2 heterocycles. The third-order valence-corrected chi connectivity index (χ3v) is 4.10. The topological polar surface area (TPSA) is 98.2 Å². The number of nitrogens with one attached hydrogen (secondary N) is 1. The molecule has 9 heteroatoms. The first-order valence-corrected chi connectivity index (χ1v) is 7.32. The van der Waals surface area contributed by atoms with E-state index in [0.29, 0.717) is 12.3 Å². The van der Waals surface area contributed by atoms with Crippen LogP contribution in [0.5, 0.6) is 0 Å². The Labute approximate surface area is 136 Å². The molecule has 1 fully saturated rings. The van der Waals surface area contributed by atoms with E-state index in [1.807, 2.05) is 0 Å². The van der Waals surface area contributed by atoms with Crippen molar-refractivity contribution in [1.82, 2.24) is 24.9 Å². The van der Waals surface area contributed by atoms with E-state index in [1.54, 1.807) is 12.4 Å². The van der Waals surface area contributed by atoms with E-state index < -0.39 is 0 Å². The van der Waals surface area contributed by atoms with Crippen molar-refractivity contribution >= 4 is 40.0 Å². The first kappa shape index (κ1) is 16.1. The summed E-state index contributed by atoms with van der Waals surface area (Å²) in [6, 6.07) is 0. The third-order valence-electron chi connectivity index (χ3n) is 3.70. The van der Waals surface area contributed by atoms with E-state index in [-0.39, 0.29) is 29.7 Å². The van der Waals surface area contributed by atoms with Gasteiger partial charge in [-0.1, -0.05) is 12.8 Å². The molecule has 2 aromatic rings. The van der Waals surface area contributed by atoms with Crippen LogP contribution in [0.4, 0.5) is 0 Å². The van der Waals surface area contributed by atoms with E-state index in [9.17, 15) is 4.79 Å². The van der Waals surface area contributed by atoms with Crippen LogP contribution in [0.25, 0.3) is 5.78 Å². The second kappa shape index (κ2) is 6.25. The fraction of sp³-hybridized carbons (Fsp3) is 0.500. The minimum Gasteiger partial charge on any atom is -0.343 e. The van der Waals surface area contributed by atoms with Crippen LogP contribution in [0.1, 0.15) is 36.3 Å². The van der Waals surface area contributed by atoms with E-state index in [0.717, 1.165) is 30.2 Å². The highest BCUT2D eigenvalue weighted by atomic mass is 79.9. The van der Waals surface area contributed by atoms with Gasteiger partial charge < -0.3 is 11.1 Å². The largest absolute Gasteiger partial charge is 0.343 e. The molecule has 3 rings (SSSR count). The minimum atomic E-state index is -0.303. The Kier molecular flexibility index (Phi) is 4.80. The number of hydrogen-bond acceptors (Lipinski definition) is 5. The Balaban J connectivity index is 0.00000161. The molecule has 21 heavy (non-hydrogen) atoms. The lowest BCUT2D eigenvalue weighted by Gasteiger charge is -2.27. The van der Waals surface area contributed by atoms with Gasteiger partial charge in [-0.25, -0.2) is 9.50 Å². The maximum Gasteiger partial charge on any atom is 0.291 e. The molecule has 2 aromatic heterocycles. The average Bonchev–Trinajstić information content (AvgIpc) is 3.05. The summed E-state index contributed by atoms with van der Waals surface area (Å²) in [6.07, 6.45) is 7.32. The summed E-state index contributed by atoms with van der Waals surface area (Å²) in [4.78, 5) is 20.5. The number of carbonyl (C=O) groups is 1. The molecule has 0 aliphatic heterocycles. The maximum atomic E-state index is 12.3. The summed E-state index contributed by atoms with van der Waals surface area (Å²) in [5, 5.41) is 7.13. The smallest absolute Gasteiger partial charge is 0.291 e. The van der Waals surface area contributed by atoms with E-state index in [1.165, 1.54) is 4.52 Å². The standard InChI is InChI=1S/C12H15BrN6O.ClH/c13-8-5-15-11-16-9(18-19(11)6-8)10(20)17-12(7-14)3-1-2-4-12;/h5-6H,1-4,7,14H2,(H,17,20);1H. The Bertz CT molecular complexity index is 654. The molecule has 114 valence electrons. The highest BCUT2D eigenvalue weighted by molar-refractivity contribution is 9.10. The molecule has 0 spiro atoms. The van der Waals surface area contributed by atoms with Crippen LogP contribution in [0.3, 0.4) is 0 Å². The number of carbonyl (C=O) groups excluding carboxylic acids is 1. The van der Waals surface area contributed by atoms with Gasteiger partial charge in [0.25, 0.3) is 11.7 Å². The fourth-order valence-electron chi connectivity index (χ4n) is 2.58. The molecular formula is C12H16BrClN6O. The zero-order chi connectivity index (χ0) is 14.2. The number of nitrogens with zero attached hydrogens (tertiary/aromatic N) is 4. The maximum absolute atomic E-state index is 12.3. The summed E-state index contributed by atoms with van der Waals surface area (Å²) >= 11 is 3.30. The fourth-order valence-corrected chi connectivity index (χ4v) is 2.88. The van der Waals surface area contributed by atoms with Crippen molar-refractivity contribution < 1.29 is 4.79 Å². The molecule has 0 aromatic carbocycles. The van der Waals surface area contributed by atoms with Crippen LogP contribution in [0.2, 0.25) is 0 Å². The molecule has 0 unspecified atom stereocenters. The second-order valence-electron chi connectivity index (χ2n) is 5.10. The third kappa shape index (κ3) is 3.17. The van der Waals surface area contributed by atoms with Gasteiger partial charge in [0.2, 0.25) is 5.82 Å². The summed E-state index contributed by atoms with van der Waals surface area (Å²) in [6.45, 7) is 0.440. The number of rotatable bonds is 3. The van der Waals surface area contributed by atoms with Crippen LogP contribution in [0.15, 0.2) is 16.9 Å². The molecular weight excluding hydrogens is 360 g/mol. The van der Waals surface area contributed by atoms with Gasteiger partial charge in [0.1, 0.15) is 0 Å². The van der Waals surface area contributed by atoms with Crippen molar-refractivity contribution in [3.05, 3.63) is 22.7 Å². The summed E-state index contributed by atoms with van der Waals surface area (Å²) in [5.74, 6) is 0.223. The second-order valence-corrected chi connectivity index (χ2v) is 6.01. The molecule has 0 saturated heterocycles. The SMILES string of the molecule is Cl.NCC1(NC(=O)c2nc3ncc(Br)cn3n2)CCCC1. The Morgan fingerprint density at radius 3 is 2.86 bits per heavy atom. The molecule has 1 aliphatic rings. The van der Waals surface area contributed by atoms with Gasteiger partial charge >= 0.3 is 0 Å². The van der Waals surface area contributed by atoms with Gasteiger partial charge in [-0.15, -0.1) is 17.5 Å². The van der Waals surface area contributed by atoms with Crippen LogP contribution < -0.4 is 11.1 Å². The summed E-state index contributed by atoms with van der Waals surface area (Å²) in [5.41, 5.74) is 5.51.